The Hall–Kier alpha value is -1.06. The van der Waals surface area contributed by atoms with E-state index in [1.807, 2.05) is 31.2 Å². The van der Waals surface area contributed by atoms with Crippen molar-refractivity contribution in [3.05, 3.63) is 34.9 Å². The first kappa shape index (κ1) is 14.4. The van der Waals surface area contributed by atoms with E-state index in [2.05, 4.69) is 10.6 Å². The van der Waals surface area contributed by atoms with Gasteiger partial charge in [0.1, 0.15) is 0 Å². The molecule has 0 bridgehead atoms. The van der Waals surface area contributed by atoms with Gasteiger partial charge in [-0.1, -0.05) is 29.8 Å². The molecule has 2 atom stereocenters. The van der Waals surface area contributed by atoms with Crippen LogP contribution in [0.1, 0.15) is 37.8 Å². The second-order valence-electron chi connectivity index (χ2n) is 5.23. The summed E-state index contributed by atoms with van der Waals surface area (Å²) in [5, 5.41) is 7.07. The number of carbonyl (C=O) groups excluding carboxylic acids is 1. The zero-order valence-electron chi connectivity index (χ0n) is 11.3. The van der Waals surface area contributed by atoms with Crippen LogP contribution in [0.5, 0.6) is 0 Å². The Balaban J connectivity index is 1.86. The van der Waals surface area contributed by atoms with Gasteiger partial charge in [0.25, 0.3) is 0 Å². The standard InChI is InChI=1S/C15H21ClN2O/c1-11(13-6-2-3-7-14(13)16)18-15(19)9-12-5-4-8-17-10-12/h2-3,6-7,11-12,17H,4-5,8-10H2,1H3,(H,18,19). The molecule has 1 fully saturated rings. The van der Waals surface area contributed by atoms with Gasteiger partial charge in [-0.2, -0.15) is 0 Å². The van der Waals surface area contributed by atoms with Crippen LogP contribution >= 0.6 is 11.6 Å². The summed E-state index contributed by atoms with van der Waals surface area (Å²) in [5.74, 6) is 0.577. The number of halogens is 1. The minimum atomic E-state index is -0.0438. The Morgan fingerprint density at radius 1 is 1.53 bits per heavy atom. The maximum absolute atomic E-state index is 12.0. The third-order valence-electron chi connectivity index (χ3n) is 3.62. The number of piperidine rings is 1. The van der Waals surface area contributed by atoms with Gasteiger partial charge in [0.2, 0.25) is 5.91 Å². The van der Waals surface area contributed by atoms with Crippen molar-refractivity contribution in [2.75, 3.05) is 13.1 Å². The van der Waals surface area contributed by atoms with Crippen LogP contribution in [-0.4, -0.2) is 19.0 Å². The molecule has 19 heavy (non-hydrogen) atoms. The molecule has 1 aliphatic heterocycles. The number of amides is 1. The van der Waals surface area contributed by atoms with Gasteiger partial charge in [-0.25, -0.2) is 0 Å². The smallest absolute Gasteiger partial charge is 0.220 e. The Bertz CT molecular complexity index is 430. The molecule has 0 radical (unpaired) electrons. The highest BCUT2D eigenvalue weighted by Gasteiger charge is 2.18. The summed E-state index contributed by atoms with van der Waals surface area (Å²) >= 11 is 6.13. The lowest BCUT2D eigenvalue weighted by Crippen LogP contribution is -2.35. The fraction of sp³-hybridized carbons (Fsp3) is 0.533. The van der Waals surface area contributed by atoms with Gasteiger partial charge in [-0.15, -0.1) is 0 Å². The molecule has 1 saturated heterocycles. The summed E-state index contributed by atoms with van der Waals surface area (Å²) < 4.78 is 0. The first-order chi connectivity index (χ1) is 9.16. The number of benzene rings is 1. The van der Waals surface area contributed by atoms with Gasteiger partial charge in [-0.05, 0) is 50.4 Å². The van der Waals surface area contributed by atoms with E-state index in [4.69, 9.17) is 11.6 Å². The van der Waals surface area contributed by atoms with Gasteiger partial charge < -0.3 is 10.6 Å². The molecule has 1 heterocycles. The Morgan fingerprint density at radius 2 is 2.32 bits per heavy atom. The monoisotopic (exact) mass is 280 g/mol. The zero-order valence-corrected chi connectivity index (χ0v) is 12.0. The fourth-order valence-electron chi connectivity index (χ4n) is 2.56. The van der Waals surface area contributed by atoms with Gasteiger partial charge in [0.05, 0.1) is 6.04 Å². The predicted octanol–water partition coefficient (Wildman–Crippen LogP) is 2.91. The van der Waals surface area contributed by atoms with Crippen molar-refractivity contribution in [2.45, 2.75) is 32.2 Å². The van der Waals surface area contributed by atoms with Crippen LogP contribution in [0.4, 0.5) is 0 Å². The van der Waals surface area contributed by atoms with Crippen LogP contribution in [-0.2, 0) is 4.79 Å². The molecule has 1 aliphatic rings. The molecular formula is C15H21ClN2O. The third-order valence-corrected chi connectivity index (χ3v) is 3.97. The molecule has 0 aromatic heterocycles. The van der Waals surface area contributed by atoms with E-state index in [-0.39, 0.29) is 11.9 Å². The number of hydrogen-bond donors (Lipinski definition) is 2. The second kappa shape index (κ2) is 6.92. The number of rotatable bonds is 4. The Labute approximate surface area is 119 Å². The summed E-state index contributed by atoms with van der Waals surface area (Å²) in [4.78, 5) is 12.0. The summed E-state index contributed by atoms with van der Waals surface area (Å²) in [6.07, 6.45) is 2.90. The summed E-state index contributed by atoms with van der Waals surface area (Å²) in [6.45, 7) is 4.00. The molecule has 0 spiro atoms. The lowest BCUT2D eigenvalue weighted by atomic mass is 9.95. The van der Waals surface area contributed by atoms with E-state index in [0.717, 1.165) is 31.5 Å². The molecule has 1 amide bonds. The fourth-order valence-corrected chi connectivity index (χ4v) is 2.86. The second-order valence-corrected chi connectivity index (χ2v) is 5.63. The molecule has 3 nitrogen and oxygen atoms in total. The lowest BCUT2D eigenvalue weighted by Gasteiger charge is -2.23. The summed E-state index contributed by atoms with van der Waals surface area (Å²) in [7, 11) is 0. The average Bonchev–Trinajstić information content (AvgIpc) is 2.40. The lowest BCUT2D eigenvalue weighted by molar-refractivity contribution is -0.122. The van der Waals surface area contributed by atoms with E-state index in [0.29, 0.717) is 17.4 Å². The topological polar surface area (TPSA) is 41.1 Å². The molecular weight excluding hydrogens is 260 g/mol. The van der Waals surface area contributed by atoms with Gasteiger partial charge in [0, 0.05) is 11.4 Å². The molecule has 0 aliphatic carbocycles. The minimum Gasteiger partial charge on any atom is -0.350 e. The Kier molecular flexibility index (Phi) is 5.23. The molecule has 2 N–H and O–H groups in total. The highest BCUT2D eigenvalue weighted by atomic mass is 35.5. The van der Waals surface area contributed by atoms with Crippen LogP contribution in [0.25, 0.3) is 0 Å². The van der Waals surface area contributed by atoms with E-state index < -0.39 is 0 Å². The third kappa shape index (κ3) is 4.22. The van der Waals surface area contributed by atoms with Crippen molar-refractivity contribution in [2.24, 2.45) is 5.92 Å². The van der Waals surface area contributed by atoms with Gasteiger partial charge >= 0.3 is 0 Å². The first-order valence-electron chi connectivity index (χ1n) is 6.91. The zero-order chi connectivity index (χ0) is 13.7. The van der Waals surface area contributed by atoms with E-state index >= 15 is 0 Å². The minimum absolute atomic E-state index is 0.0438. The van der Waals surface area contributed by atoms with Crippen LogP contribution in [0.15, 0.2) is 24.3 Å². The number of hydrogen-bond acceptors (Lipinski definition) is 2. The summed E-state index contributed by atoms with van der Waals surface area (Å²) in [5.41, 5.74) is 0.972. The van der Waals surface area contributed by atoms with Crippen molar-refractivity contribution in [3.63, 3.8) is 0 Å². The first-order valence-corrected chi connectivity index (χ1v) is 7.29. The van der Waals surface area contributed by atoms with Gasteiger partial charge in [-0.3, -0.25) is 4.79 Å². The van der Waals surface area contributed by atoms with Crippen molar-refractivity contribution < 1.29 is 4.79 Å². The summed E-state index contributed by atoms with van der Waals surface area (Å²) in [6, 6.07) is 7.60. The molecule has 1 aromatic rings. The molecule has 2 unspecified atom stereocenters. The molecule has 4 heteroatoms. The maximum atomic E-state index is 12.0. The quantitative estimate of drug-likeness (QED) is 0.890. The van der Waals surface area contributed by atoms with Crippen LogP contribution < -0.4 is 10.6 Å². The van der Waals surface area contributed by atoms with E-state index in [1.165, 1.54) is 0 Å². The van der Waals surface area contributed by atoms with Crippen molar-refractivity contribution >= 4 is 17.5 Å². The molecule has 1 aromatic carbocycles. The number of nitrogens with one attached hydrogen (secondary N) is 2. The van der Waals surface area contributed by atoms with E-state index in [1.54, 1.807) is 0 Å². The van der Waals surface area contributed by atoms with Crippen molar-refractivity contribution in [3.8, 4) is 0 Å². The normalized spacial score (nSPS) is 20.8. The van der Waals surface area contributed by atoms with Gasteiger partial charge in [0.15, 0.2) is 0 Å². The van der Waals surface area contributed by atoms with Crippen LogP contribution in [0.3, 0.4) is 0 Å². The number of carbonyl (C=O) groups is 1. The Morgan fingerprint density at radius 3 is 3.00 bits per heavy atom. The van der Waals surface area contributed by atoms with E-state index in [9.17, 15) is 4.79 Å². The van der Waals surface area contributed by atoms with Crippen LogP contribution in [0, 0.1) is 5.92 Å². The van der Waals surface area contributed by atoms with Crippen molar-refractivity contribution in [1.82, 2.24) is 10.6 Å². The van der Waals surface area contributed by atoms with Crippen molar-refractivity contribution in [1.29, 1.82) is 0 Å². The molecule has 0 saturated carbocycles. The highest BCUT2D eigenvalue weighted by Crippen LogP contribution is 2.22. The maximum Gasteiger partial charge on any atom is 0.220 e. The largest absolute Gasteiger partial charge is 0.350 e. The predicted molar refractivity (Wildman–Crippen MR) is 78.2 cm³/mol. The molecule has 104 valence electrons. The highest BCUT2D eigenvalue weighted by molar-refractivity contribution is 6.31. The average molecular weight is 281 g/mol. The molecule has 2 rings (SSSR count). The SMILES string of the molecule is CC(NC(=O)CC1CCCNC1)c1ccccc1Cl. The van der Waals surface area contributed by atoms with Crippen LogP contribution in [0.2, 0.25) is 5.02 Å².